The Kier molecular flexibility index (Phi) is 6.46. The number of Topliss-reactive ketones (excluding diaryl/α,β-unsaturated/α-hetero) is 2. The highest BCUT2D eigenvalue weighted by atomic mass is 31.2. The van der Waals surface area contributed by atoms with Gasteiger partial charge in [-0.2, -0.15) is 0 Å². The van der Waals surface area contributed by atoms with Crippen molar-refractivity contribution in [1.29, 1.82) is 0 Å². The monoisotopic (exact) mass is 557 g/mol. The van der Waals surface area contributed by atoms with Gasteiger partial charge in [0.05, 0.1) is 13.2 Å². The van der Waals surface area contributed by atoms with Crippen molar-refractivity contribution in [2.75, 3.05) is 13.3 Å². The van der Waals surface area contributed by atoms with Gasteiger partial charge in [0.15, 0.2) is 5.78 Å². The van der Waals surface area contributed by atoms with Gasteiger partial charge in [0.2, 0.25) is 5.70 Å². The van der Waals surface area contributed by atoms with Crippen molar-refractivity contribution in [2.45, 2.75) is 99.8 Å². The van der Waals surface area contributed by atoms with Crippen LogP contribution in [0.1, 0.15) is 99.8 Å². The minimum atomic E-state index is -3.63. The van der Waals surface area contributed by atoms with E-state index in [2.05, 4.69) is 39.5 Å². The Morgan fingerprint density at radius 2 is 1.64 bits per heavy atom. The van der Waals surface area contributed by atoms with Crippen molar-refractivity contribution in [1.82, 2.24) is 0 Å². The highest BCUT2D eigenvalue weighted by Gasteiger charge is 2.72. The minimum Gasteiger partial charge on any atom is -0.324 e. The van der Waals surface area contributed by atoms with E-state index in [-0.39, 0.29) is 63.4 Å². The molecule has 216 valence electrons. The van der Waals surface area contributed by atoms with Crippen LogP contribution < -0.4 is 0 Å². The Bertz CT molecular complexity index is 1220. The molecule has 6 nitrogen and oxygen atoms in total. The van der Waals surface area contributed by atoms with Crippen molar-refractivity contribution < 1.29 is 23.6 Å². The van der Waals surface area contributed by atoms with E-state index < -0.39 is 18.4 Å². The molecule has 5 aliphatic carbocycles. The maximum atomic E-state index is 14.5. The SMILES string of the molecule is [C-]#[N+]C1=C[C@]2(C)[C@H]3CC(=O)[C@@H]4[C@@H]5CC(C)(C)CC[C@]5(COP(C)(=O)O)CC[C@@]4(C)[C@]3(C)CC[C@H]2C(C)(C)C1=O. The molecule has 0 amide bonds. The molecule has 0 radical (unpaired) electrons. The fourth-order valence-electron chi connectivity index (χ4n) is 10.9. The first kappa shape index (κ1) is 29.2. The van der Waals surface area contributed by atoms with Gasteiger partial charge in [0.1, 0.15) is 5.78 Å². The third kappa shape index (κ3) is 4.04. The molecule has 1 unspecified atom stereocenters. The number of allylic oxidation sites excluding steroid dienone is 2. The second kappa shape index (κ2) is 8.62. The van der Waals surface area contributed by atoms with Crippen LogP contribution in [0.25, 0.3) is 4.85 Å². The molecule has 4 fully saturated rings. The lowest BCUT2D eigenvalue weighted by molar-refractivity contribution is -0.225. The molecule has 5 aliphatic rings. The van der Waals surface area contributed by atoms with E-state index in [1.54, 1.807) is 0 Å². The highest BCUT2D eigenvalue weighted by Crippen LogP contribution is 2.76. The van der Waals surface area contributed by atoms with E-state index in [0.29, 0.717) is 12.2 Å². The van der Waals surface area contributed by atoms with Crippen molar-refractivity contribution in [3.63, 3.8) is 0 Å². The zero-order chi connectivity index (χ0) is 29.0. The Morgan fingerprint density at radius 1 is 1.00 bits per heavy atom. The first-order chi connectivity index (χ1) is 17.8. The second-order valence-electron chi connectivity index (χ2n) is 16.1. The van der Waals surface area contributed by atoms with E-state index in [0.717, 1.165) is 44.9 Å². The average Bonchev–Trinajstić information content (AvgIpc) is 2.81. The lowest BCUT2D eigenvalue weighted by Crippen LogP contribution is -2.68. The van der Waals surface area contributed by atoms with E-state index in [9.17, 15) is 19.0 Å². The van der Waals surface area contributed by atoms with E-state index in [4.69, 9.17) is 11.1 Å². The third-order valence-corrected chi connectivity index (χ3v) is 13.8. The quantitative estimate of drug-likeness (QED) is 0.287. The van der Waals surface area contributed by atoms with E-state index >= 15 is 0 Å². The van der Waals surface area contributed by atoms with Gasteiger partial charge in [-0.15, -0.1) is 0 Å². The van der Waals surface area contributed by atoms with Crippen LogP contribution >= 0.6 is 7.60 Å². The van der Waals surface area contributed by atoms with Crippen LogP contribution in [0.4, 0.5) is 0 Å². The molecule has 0 aliphatic heterocycles. The summed E-state index contributed by atoms with van der Waals surface area (Å²) in [7, 11) is -3.63. The molecule has 0 spiro atoms. The summed E-state index contributed by atoms with van der Waals surface area (Å²) in [5.74, 6) is 0.412. The van der Waals surface area contributed by atoms with Gasteiger partial charge in [-0.05, 0) is 89.8 Å². The maximum Gasteiger partial charge on any atom is 0.325 e. The average molecular weight is 558 g/mol. The van der Waals surface area contributed by atoms with Crippen molar-refractivity contribution in [3.8, 4) is 0 Å². The summed E-state index contributed by atoms with van der Waals surface area (Å²) in [5.41, 5.74) is -1.30. The van der Waals surface area contributed by atoms with Gasteiger partial charge >= 0.3 is 7.60 Å². The van der Waals surface area contributed by atoms with Crippen molar-refractivity contribution in [2.24, 2.45) is 56.2 Å². The molecule has 5 rings (SSSR count). The minimum absolute atomic E-state index is 0.0567. The maximum absolute atomic E-state index is 14.5. The molecule has 0 saturated heterocycles. The van der Waals surface area contributed by atoms with Gasteiger partial charge in [-0.25, -0.2) is 4.85 Å². The summed E-state index contributed by atoms with van der Waals surface area (Å²) < 4.78 is 17.9. The number of carbonyl (C=O) groups excluding carboxylic acids is 2. The van der Waals surface area contributed by atoms with Gasteiger partial charge in [0.25, 0.3) is 0 Å². The molecule has 7 heteroatoms. The summed E-state index contributed by atoms with van der Waals surface area (Å²) in [6, 6.07) is 0. The van der Waals surface area contributed by atoms with Gasteiger partial charge in [-0.1, -0.05) is 54.5 Å². The largest absolute Gasteiger partial charge is 0.325 e. The molecule has 0 aromatic carbocycles. The highest BCUT2D eigenvalue weighted by molar-refractivity contribution is 7.51. The molecule has 0 bridgehead atoms. The Hall–Kier alpha value is -1.28. The number of fused-ring (bicyclic) bond motifs is 7. The number of rotatable bonds is 3. The molecule has 39 heavy (non-hydrogen) atoms. The van der Waals surface area contributed by atoms with Crippen LogP contribution in [0, 0.1) is 62.7 Å². The molecule has 4 saturated carbocycles. The van der Waals surface area contributed by atoms with Crippen LogP contribution in [0.5, 0.6) is 0 Å². The normalized spacial score (nSPS) is 47.8. The summed E-state index contributed by atoms with van der Waals surface area (Å²) in [5, 5.41) is 0. The Labute approximate surface area is 235 Å². The fourth-order valence-corrected chi connectivity index (χ4v) is 11.4. The summed E-state index contributed by atoms with van der Waals surface area (Å²) in [6.07, 6.45) is 8.95. The summed E-state index contributed by atoms with van der Waals surface area (Å²) in [6.45, 7) is 24.8. The predicted octanol–water partition coefficient (Wildman–Crippen LogP) is 7.47. The zero-order valence-corrected chi connectivity index (χ0v) is 26.1. The summed E-state index contributed by atoms with van der Waals surface area (Å²) in [4.78, 5) is 41.5. The molecule has 1 N–H and O–H groups in total. The van der Waals surface area contributed by atoms with Crippen molar-refractivity contribution >= 4 is 19.2 Å². The molecular weight excluding hydrogens is 509 g/mol. The predicted molar refractivity (Wildman–Crippen MR) is 152 cm³/mol. The molecule has 0 aromatic heterocycles. The fraction of sp³-hybridized carbons (Fsp3) is 0.844. The second-order valence-corrected chi connectivity index (χ2v) is 18.0. The standard InChI is InChI=1S/C32H48NO5P/c1-27(2)12-14-32(19-38-39(9,36)37)15-13-31(7)25(20(32)17-27)22(34)16-24-29(5)18-21(33-8)26(35)28(3,4)23(29)10-11-30(24,31)6/h18,20,23-25H,10-17,19H2,1-7,9H3,(H,36,37)/t20-,23-,24+,25-,29-,30+,31+,32+/m0/s1. The van der Waals surface area contributed by atoms with Crippen LogP contribution in [0.3, 0.4) is 0 Å². The van der Waals surface area contributed by atoms with E-state index in [1.807, 2.05) is 19.9 Å². The summed E-state index contributed by atoms with van der Waals surface area (Å²) >= 11 is 0. The van der Waals surface area contributed by atoms with Gasteiger partial charge in [0, 0.05) is 24.4 Å². The Morgan fingerprint density at radius 3 is 2.26 bits per heavy atom. The molecular formula is C32H48NO5P. The first-order valence-electron chi connectivity index (χ1n) is 14.9. The molecule has 0 aromatic rings. The zero-order valence-electron chi connectivity index (χ0n) is 25.2. The third-order valence-electron chi connectivity index (χ3n) is 13.2. The number of hydrogen-bond acceptors (Lipinski definition) is 4. The molecule has 9 atom stereocenters. The smallest absolute Gasteiger partial charge is 0.324 e. The number of nitrogens with zero attached hydrogens (tertiary/aromatic N) is 1. The number of carbonyl (C=O) groups is 2. The van der Waals surface area contributed by atoms with Crippen LogP contribution in [-0.2, 0) is 18.7 Å². The number of hydrogen-bond donors (Lipinski definition) is 1. The Balaban J connectivity index is 1.60. The van der Waals surface area contributed by atoms with Crippen LogP contribution in [0.2, 0.25) is 0 Å². The first-order valence-corrected chi connectivity index (χ1v) is 16.9. The van der Waals surface area contributed by atoms with Gasteiger partial charge < -0.3 is 14.2 Å². The van der Waals surface area contributed by atoms with Crippen LogP contribution in [-0.4, -0.2) is 29.7 Å². The lowest BCUT2D eigenvalue weighted by Gasteiger charge is -2.72. The van der Waals surface area contributed by atoms with Crippen LogP contribution in [0.15, 0.2) is 11.8 Å². The van der Waals surface area contributed by atoms with Crippen molar-refractivity contribution in [3.05, 3.63) is 23.2 Å². The van der Waals surface area contributed by atoms with Gasteiger partial charge in [-0.3, -0.25) is 9.36 Å². The number of ketones is 2. The van der Waals surface area contributed by atoms with E-state index in [1.165, 1.54) is 6.66 Å². The lowest BCUT2D eigenvalue weighted by atomic mass is 9.32. The topological polar surface area (TPSA) is 85.0 Å². The molecule has 0 heterocycles.